The van der Waals surface area contributed by atoms with Crippen LogP contribution < -0.4 is 5.73 Å². The van der Waals surface area contributed by atoms with E-state index in [0.717, 1.165) is 17.6 Å². The Hall–Kier alpha value is -1.62. The normalized spacial score (nSPS) is 13.4. The van der Waals surface area contributed by atoms with Crippen molar-refractivity contribution in [2.24, 2.45) is 0 Å². The third kappa shape index (κ3) is 1.95. The largest absolute Gasteiger partial charge is 0.383 e. The van der Waals surface area contributed by atoms with Crippen molar-refractivity contribution in [3.8, 4) is 0 Å². The molecule has 5 heteroatoms. The SMILES string of the molecule is Cc1c(C)n(C(C)CN(C)C)c2ncnc(N)c12. The van der Waals surface area contributed by atoms with Crippen molar-refractivity contribution in [2.75, 3.05) is 26.4 Å². The monoisotopic (exact) mass is 247 g/mol. The summed E-state index contributed by atoms with van der Waals surface area (Å²) < 4.78 is 2.25. The molecule has 2 rings (SSSR count). The van der Waals surface area contributed by atoms with Crippen LogP contribution in [0, 0.1) is 13.8 Å². The summed E-state index contributed by atoms with van der Waals surface area (Å²) in [6.07, 6.45) is 1.54. The zero-order valence-electron chi connectivity index (χ0n) is 11.7. The third-order valence-electron chi connectivity index (χ3n) is 3.43. The highest BCUT2D eigenvalue weighted by molar-refractivity contribution is 5.90. The quantitative estimate of drug-likeness (QED) is 0.897. The summed E-state index contributed by atoms with van der Waals surface area (Å²) in [5, 5.41) is 0.987. The fourth-order valence-corrected chi connectivity index (χ4v) is 2.60. The Labute approximate surface area is 108 Å². The summed E-state index contributed by atoms with van der Waals surface area (Å²) in [5.74, 6) is 0.566. The second kappa shape index (κ2) is 4.57. The Kier molecular flexibility index (Phi) is 3.26. The number of nitrogens with two attached hydrogens (primary N) is 1. The van der Waals surface area contributed by atoms with E-state index in [1.54, 1.807) is 0 Å². The van der Waals surface area contributed by atoms with Crippen molar-refractivity contribution < 1.29 is 0 Å². The number of likely N-dealkylation sites (N-methyl/N-ethyl adjacent to an activating group) is 1. The molecule has 0 saturated carbocycles. The van der Waals surface area contributed by atoms with Gasteiger partial charge in [0.1, 0.15) is 17.8 Å². The van der Waals surface area contributed by atoms with Crippen LogP contribution in [0.5, 0.6) is 0 Å². The van der Waals surface area contributed by atoms with Gasteiger partial charge in [0.05, 0.1) is 5.39 Å². The van der Waals surface area contributed by atoms with Crippen LogP contribution in [0.3, 0.4) is 0 Å². The Balaban J connectivity index is 2.64. The van der Waals surface area contributed by atoms with Gasteiger partial charge in [-0.1, -0.05) is 0 Å². The molecule has 98 valence electrons. The van der Waals surface area contributed by atoms with Crippen molar-refractivity contribution in [2.45, 2.75) is 26.8 Å². The van der Waals surface area contributed by atoms with E-state index >= 15 is 0 Å². The molecule has 0 amide bonds. The standard InChI is InChI=1S/C13H21N5/c1-8(6-17(4)5)18-10(3)9(2)11-12(14)15-7-16-13(11)18/h7-8H,6H2,1-5H3,(H2,14,15,16). The van der Waals surface area contributed by atoms with Gasteiger partial charge in [-0.25, -0.2) is 9.97 Å². The minimum absolute atomic E-state index is 0.352. The number of hydrogen-bond acceptors (Lipinski definition) is 4. The number of anilines is 1. The van der Waals surface area contributed by atoms with Crippen LogP contribution in [-0.2, 0) is 0 Å². The highest BCUT2D eigenvalue weighted by Gasteiger charge is 2.18. The van der Waals surface area contributed by atoms with E-state index in [-0.39, 0.29) is 0 Å². The zero-order chi connectivity index (χ0) is 13.4. The average Bonchev–Trinajstić information content (AvgIpc) is 2.52. The second-order valence-corrected chi connectivity index (χ2v) is 5.15. The van der Waals surface area contributed by atoms with Gasteiger partial charge in [-0.05, 0) is 40.4 Å². The van der Waals surface area contributed by atoms with Crippen LogP contribution in [0.4, 0.5) is 5.82 Å². The molecule has 0 spiro atoms. The highest BCUT2D eigenvalue weighted by atomic mass is 15.2. The first kappa shape index (κ1) is 12.8. The summed E-state index contributed by atoms with van der Waals surface area (Å²) in [7, 11) is 4.15. The Bertz CT molecular complexity index is 570. The molecule has 1 unspecified atom stereocenters. The van der Waals surface area contributed by atoms with Crippen LogP contribution in [0.1, 0.15) is 24.2 Å². The first-order valence-electron chi connectivity index (χ1n) is 6.15. The molecule has 0 saturated heterocycles. The van der Waals surface area contributed by atoms with E-state index in [4.69, 9.17) is 5.73 Å². The topological polar surface area (TPSA) is 60.0 Å². The van der Waals surface area contributed by atoms with E-state index in [1.165, 1.54) is 17.6 Å². The lowest BCUT2D eigenvalue weighted by Gasteiger charge is -2.21. The van der Waals surface area contributed by atoms with Crippen LogP contribution in [0.25, 0.3) is 11.0 Å². The van der Waals surface area contributed by atoms with Crippen LogP contribution in [-0.4, -0.2) is 40.1 Å². The van der Waals surface area contributed by atoms with Gasteiger partial charge in [0.15, 0.2) is 0 Å². The van der Waals surface area contributed by atoms with E-state index < -0.39 is 0 Å². The van der Waals surface area contributed by atoms with E-state index in [1.807, 2.05) is 0 Å². The molecule has 1 atom stereocenters. The number of aryl methyl sites for hydroxylation is 1. The van der Waals surface area contributed by atoms with Gasteiger partial charge in [-0.2, -0.15) is 0 Å². The molecule has 2 aromatic rings. The fraction of sp³-hybridized carbons (Fsp3) is 0.538. The lowest BCUT2D eigenvalue weighted by molar-refractivity contribution is 0.338. The van der Waals surface area contributed by atoms with Gasteiger partial charge in [-0.3, -0.25) is 0 Å². The predicted molar refractivity (Wildman–Crippen MR) is 74.7 cm³/mol. The number of nitrogens with zero attached hydrogens (tertiary/aromatic N) is 4. The molecule has 0 aromatic carbocycles. The smallest absolute Gasteiger partial charge is 0.146 e. The van der Waals surface area contributed by atoms with Crippen molar-refractivity contribution in [3.05, 3.63) is 17.6 Å². The van der Waals surface area contributed by atoms with Crippen molar-refractivity contribution in [1.82, 2.24) is 19.4 Å². The number of aromatic nitrogens is 3. The molecule has 2 heterocycles. The molecular weight excluding hydrogens is 226 g/mol. The minimum Gasteiger partial charge on any atom is -0.383 e. The van der Waals surface area contributed by atoms with Crippen molar-refractivity contribution in [1.29, 1.82) is 0 Å². The molecule has 2 N–H and O–H groups in total. The summed E-state index contributed by atoms with van der Waals surface area (Å²) in [4.78, 5) is 10.7. The highest BCUT2D eigenvalue weighted by Crippen LogP contribution is 2.29. The van der Waals surface area contributed by atoms with E-state index in [9.17, 15) is 0 Å². The first-order chi connectivity index (χ1) is 8.43. The van der Waals surface area contributed by atoms with Gasteiger partial charge in [0.2, 0.25) is 0 Å². The van der Waals surface area contributed by atoms with Crippen molar-refractivity contribution >= 4 is 16.9 Å². The molecular formula is C13H21N5. The molecule has 0 fully saturated rings. The lowest BCUT2D eigenvalue weighted by Crippen LogP contribution is -2.23. The Morgan fingerprint density at radius 1 is 1.33 bits per heavy atom. The van der Waals surface area contributed by atoms with Gasteiger partial charge in [-0.15, -0.1) is 0 Å². The molecule has 0 bridgehead atoms. The number of rotatable bonds is 3. The molecule has 0 aliphatic carbocycles. The van der Waals surface area contributed by atoms with Gasteiger partial charge in [0.25, 0.3) is 0 Å². The minimum atomic E-state index is 0.352. The average molecular weight is 247 g/mol. The zero-order valence-corrected chi connectivity index (χ0v) is 11.7. The van der Waals surface area contributed by atoms with Crippen LogP contribution >= 0.6 is 0 Å². The lowest BCUT2D eigenvalue weighted by atomic mass is 10.2. The van der Waals surface area contributed by atoms with Crippen LogP contribution in [0.2, 0.25) is 0 Å². The molecule has 0 aliphatic heterocycles. The summed E-state index contributed by atoms with van der Waals surface area (Å²) in [6.45, 7) is 7.36. The van der Waals surface area contributed by atoms with E-state index in [0.29, 0.717) is 11.9 Å². The van der Waals surface area contributed by atoms with Crippen molar-refractivity contribution in [3.63, 3.8) is 0 Å². The molecule has 0 radical (unpaired) electrons. The first-order valence-corrected chi connectivity index (χ1v) is 6.15. The number of hydrogen-bond donors (Lipinski definition) is 1. The maximum absolute atomic E-state index is 5.97. The third-order valence-corrected chi connectivity index (χ3v) is 3.43. The van der Waals surface area contributed by atoms with Gasteiger partial charge < -0.3 is 15.2 Å². The molecule has 5 nitrogen and oxygen atoms in total. The number of fused-ring (bicyclic) bond motifs is 1. The fourth-order valence-electron chi connectivity index (χ4n) is 2.60. The van der Waals surface area contributed by atoms with Crippen LogP contribution in [0.15, 0.2) is 6.33 Å². The second-order valence-electron chi connectivity index (χ2n) is 5.15. The summed E-state index contributed by atoms with van der Waals surface area (Å²) >= 11 is 0. The van der Waals surface area contributed by atoms with E-state index in [2.05, 4.69) is 54.3 Å². The maximum Gasteiger partial charge on any atom is 0.146 e. The Morgan fingerprint density at radius 3 is 2.61 bits per heavy atom. The maximum atomic E-state index is 5.97. The summed E-state index contributed by atoms with van der Waals surface area (Å²) in [6, 6.07) is 0.352. The summed E-state index contributed by atoms with van der Waals surface area (Å²) in [5.41, 5.74) is 9.29. The molecule has 18 heavy (non-hydrogen) atoms. The van der Waals surface area contributed by atoms with Gasteiger partial charge >= 0.3 is 0 Å². The molecule has 0 aliphatic rings. The Morgan fingerprint density at radius 2 is 2.00 bits per heavy atom. The number of nitrogen functional groups attached to an aromatic ring is 1. The van der Waals surface area contributed by atoms with Gasteiger partial charge in [0, 0.05) is 18.3 Å². The molecule has 2 aromatic heterocycles. The predicted octanol–water partition coefficient (Wildman–Crippen LogP) is 1.75.